The monoisotopic (exact) mass is 307 g/mol. The van der Waals surface area contributed by atoms with E-state index in [1.807, 2.05) is 55.5 Å². The van der Waals surface area contributed by atoms with Crippen LogP contribution in [0.1, 0.15) is 13.8 Å². The molecule has 116 valence electrons. The maximum absolute atomic E-state index is 11.4. The molecule has 1 aromatic heterocycles. The zero-order valence-electron chi connectivity index (χ0n) is 13.0. The predicted molar refractivity (Wildman–Crippen MR) is 90.4 cm³/mol. The van der Waals surface area contributed by atoms with Crippen LogP contribution in [0, 0.1) is 0 Å². The predicted octanol–water partition coefficient (Wildman–Crippen LogP) is 3.65. The Morgan fingerprint density at radius 3 is 2.39 bits per heavy atom. The number of carbonyl (C=O) groups excluding carboxylic acids is 1. The molecule has 0 bridgehead atoms. The Balaban J connectivity index is 2.22. The van der Waals surface area contributed by atoms with Gasteiger partial charge in [0.15, 0.2) is 0 Å². The van der Waals surface area contributed by atoms with Crippen LogP contribution in [0.4, 0.5) is 5.69 Å². The van der Waals surface area contributed by atoms with Crippen molar-refractivity contribution in [1.82, 2.24) is 9.97 Å². The van der Waals surface area contributed by atoms with Crippen molar-refractivity contribution in [2.75, 3.05) is 11.9 Å². The first-order chi connectivity index (χ1) is 11.2. The number of hydrogen-bond donors (Lipinski definition) is 1. The van der Waals surface area contributed by atoms with Crippen LogP contribution in [0.2, 0.25) is 0 Å². The van der Waals surface area contributed by atoms with Crippen LogP contribution < -0.4 is 10.1 Å². The summed E-state index contributed by atoms with van der Waals surface area (Å²) in [5.74, 6) is 0.327. The number of amides is 1. The minimum absolute atomic E-state index is 0.135. The molecule has 0 saturated heterocycles. The zero-order valence-corrected chi connectivity index (χ0v) is 13.0. The van der Waals surface area contributed by atoms with E-state index in [1.165, 1.54) is 6.92 Å². The molecule has 0 aliphatic carbocycles. The maximum atomic E-state index is 11.4. The van der Waals surface area contributed by atoms with Gasteiger partial charge in [-0.3, -0.25) is 4.79 Å². The lowest BCUT2D eigenvalue weighted by Gasteiger charge is -2.13. The number of nitrogens with one attached hydrogen (secondary N) is 1. The van der Waals surface area contributed by atoms with E-state index in [1.54, 1.807) is 0 Å². The van der Waals surface area contributed by atoms with Crippen LogP contribution in [0.5, 0.6) is 5.88 Å². The molecule has 1 N–H and O–H groups in total. The van der Waals surface area contributed by atoms with Crippen LogP contribution >= 0.6 is 0 Å². The number of carbonyl (C=O) groups is 1. The topological polar surface area (TPSA) is 64.1 Å². The van der Waals surface area contributed by atoms with Crippen molar-refractivity contribution in [1.29, 1.82) is 0 Å². The summed E-state index contributed by atoms with van der Waals surface area (Å²) in [4.78, 5) is 20.7. The maximum Gasteiger partial charge on any atom is 0.241 e. The first-order valence-electron chi connectivity index (χ1n) is 7.45. The fraction of sp³-hybridized carbons (Fsp3) is 0.167. The number of rotatable bonds is 4. The number of para-hydroxylation sites is 3. The van der Waals surface area contributed by atoms with Crippen LogP contribution in [-0.2, 0) is 4.79 Å². The number of benzene rings is 2. The molecule has 2 aromatic carbocycles. The molecule has 0 spiro atoms. The summed E-state index contributed by atoms with van der Waals surface area (Å²) in [6.07, 6.45) is 0. The van der Waals surface area contributed by atoms with Crippen molar-refractivity contribution in [3.63, 3.8) is 0 Å². The highest BCUT2D eigenvalue weighted by atomic mass is 16.5. The molecular weight excluding hydrogens is 290 g/mol. The number of hydrogen-bond acceptors (Lipinski definition) is 4. The van der Waals surface area contributed by atoms with Crippen LogP contribution in [0.15, 0.2) is 48.5 Å². The molecule has 3 aromatic rings. The van der Waals surface area contributed by atoms with E-state index in [0.29, 0.717) is 23.9 Å². The third-order valence-electron chi connectivity index (χ3n) is 3.31. The van der Waals surface area contributed by atoms with Crippen molar-refractivity contribution in [2.24, 2.45) is 0 Å². The number of fused-ring (bicyclic) bond motifs is 1. The van der Waals surface area contributed by atoms with Gasteiger partial charge in [0.05, 0.1) is 23.3 Å². The smallest absolute Gasteiger partial charge is 0.241 e. The van der Waals surface area contributed by atoms with Gasteiger partial charge in [-0.2, -0.15) is 0 Å². The van der Waals surface area contributed by atoms with Gasteiger partial charge in [0.25, 0.3) is 0 Å². The molecule has 0 fully saturated rings. The standard InChI is InChI=1S/C18H17N3O2/c1-3-23-18-17(20-15-10-6-7-11-16(15)21-18)13-8-4-5-9-14(13)19-12(2)22/h4-11H,3H2,1-2H3,(H,19,22). The lowest BCUT2D eigenvalue weighted by Crippen LogP contribution is -2.08. The van der Waals surface area contributed by atoms with Gasteiger partial charge in [-0.25, -0.2) is 9.97 Å². The minimum atomic E-state index is -0.135. The summed E-state index contributed by atoms with van der Waals surface area (Å²) in [6.45, 7) is 3.87. The normalized spacial score (nSPS) is 10.5. The molecule has 0 aliphatic rings. The van der Waals surface area contributed by atoms with Gasteiger partial charge in [0, 0.05) is 12.5 Å². The average molecular weight is 307 g/mol. The summed E-state index contributed by atoms with van der Waals surface area (Å²) < 4.78 is 5.67. The van der Waals surface area contributed by atoms with Gasteiger partial charge in [0.1, 0.15) is 5.69 Å². The van der Waals surface area contributed by atoms with Gasteiger partial charge in [-0.1, -0.05) is 30.3 Å². The van der Waals surface area contributed by atoms with Gasteiger partial charge < -0.3 is 10.1 Å². The molecule has 0 saturated carbocycles. The minimum Gasteiger partial charge on any atom is -0.476 e. The van der Waals surface area contributed by atoms with Gasteiger partial charge >= 0.3 is 0 Å². The highest BCUT2D eigenvalue weighted by molar-refractivity contribution is 5.94. The summed E-state index contributed by atoms with van der Waals surface area (Å²) in [5, 5.41) is 2.83. The molecule has 0 unspecified atom stereocenters. The van der Waals surface area contributed by atoms with Crippen LogP contribution in [0.3, 0.4) is 0 Å². The quantitative estimate of drug-likeness (QED) is 0.799. The van der Waals surface area contributed by atoms with Crippen molar-refractivity contribution in [2.45, 2.75) is 13.8 Å². The van der Waals surface area contributed by atoms with Crippen LogP contribution in [-0.4, -0.2) is 22.5 Å². The second-order valence-corrected chi connectivity index (χ2v) is 5.03. The van der Waals surface area contributed by atoms with Crippen molar-refractivity contribution >= 4 is 22.6 Å². The first-order valence-corrected chi connectivity index (χ1v) is 7.45. The first kappa shape index (κ1) is 15.0. The third-order valence-corrected chi connectivity index (χ3v) is 3.31. The number of aromatic nitrogens is 2. The Hall–Kier alpha value is -2.95. The summed E-state index contributed by atoms with van der Waals surface area (Å²) in [6, 6.07) is 15.1. The Labute approximate surface area is 134 Å². The fourth-order valence-corrected chi connectivity index (χ4v) is 2.38. The number of anilines is 1. The molecule has 0 aliphatic heterocycles. The number of ether oxygens (including phenoxy) is 1. The van der Waals surface area contributed by atoms with Crippen molar-refractivity contribution in [3.05, 3.63) is 48.5 Å². The summed E-state index contributed by atoms with van der Waals surface area (Å²) >= 11 is 0. The molecular formula is C18H17N3O2. The van der Waals surface area contributed by atoms with Gasteiger partial charge in [-0.05, 0) is 25.1 Å². The fourth-order valence-electron chi connectivity index (χ4n) is 2.38. The highest BCUT2D eigenvalue weighted by Gasteiger charge is 2.15. The lowest BCUT2D eigenvalue weighted by molar-refractivity contribution is -0.114. The molecule has 0 atom stereocenters. The second kappa shape index (κ2) is 6.44. The van der Waals surface area contributed by atoms with Crippen LogP contribution in [0.25, 0.3) is 22.3 Å². The molecule has 5 nitrogen and oxygen atoms in total. The second-order valence-electron chi connectivity index (χ2n) is 5.03. The third kappa shape index (κ3) is 3.13. The zero-order chi connectivity index (χ0) is 16.2. The molecule has 1 amide bonds. The molecule has 1 heterocycles. The summed E-state index contributed by atoms with van der Waals surface area (Å²) in [7, 11) is 0. The molecule has 0 radical (unpaired) electrons. The number of nitrogens with zero attached hydrogens (tertiary/aromatic N) is 2. The molecule has 23 heavy (non-hydrogen) atoms. The molecule has 3 rings (SSSR count). The average Bonchev–Trinajstić information content (AvgIpc) is 2.55. The van der Waals surface area contributed by atoms with E-state index in [4.69, 9.17) is 9.72 Å². The van der Waals surface area contributed by atoms with E-state index in [9.17, 15) is 4.79 Å². The van der Waals surface area contributed by atoms with Gasteiger partial charge in [0.2, 0.25) is 11.8 Å². The van der Waals surface area contributed by atoms with E-state index in [0.717, 1.165) is 16.6 Å². The van der Waals surface area contributed by atoms with E-state index < -0.39 is 0 Å². The summed E-state index contributed by atoms with van der Waals surface area (Å²) in [5.41, 5.74) is 3.64. The van der Waals surface area contributed by atoms with Gasteiger partial charge in [-0.15, -0.1) is 0 Å². The van der Waals surface area contributed by atoms with E-state index in [2.05, 4.69) is 10.3 Å². The largest absolute Gasteiger partial charge is 0.476 e. The highest BCUT2D eigenvalue weighted by Crippen LogP contribution is 2.33. The SMILES string of the molecule is CCOc1nc2ccccc2nc1-c1ccccc1NC(C)=O. The van der Waals surface area contributed by atoms with Crippen molar-refractivity contribution < 1.29 is 9.53 Å². The Kier molecular flexibility index (Phi) is 4.19. The molecule has 5 heteroatoms. The Bertz CT molecular complexity index is 862. The van der Waals surface area contributed by atoms with E-state index >= 15 is 0 Å². The lowest BCUT2D eigenvalue weighted by atomic mass is 10.1. The Morgan fingerprint density at radius 2 is 1.70 bits per heavy atom. The van der Waals surface area contributed by atoms with Crippen molar-refractivity contribution in [3.8, 4) is 17.1 Å². The Morgan fingerprint density at radius 1 is 1.04 bits per heavy atom. The van der Waals surface area contributed by atoms with E-state index in [-0.39, 0.29) is 5.91 Å².